The summed E-state index contributed by atoms with van der Waals surface area (Å²) in [7, 11) is 0. The molecule has 0 heterocycles. The number of hydrogen-bond donors (Lipinski definition) is 1. The summed E-state index contributed by atoms with van der Waals surface area (Å²) >= 11 is 3.15. The number of ether oxygens (including phenoxy) is 1. The van der Waals surface area contributed by atoms with Crippen molar-refractivity contribution in [1.82, 2.24) is 0 Å². The molecule has 0 bridgehead atoms. The quantitative estimate of drug-likeness (QED) is 0.266. The van der Waals surface area contributed by atoms with Crippen molar-refractivity contribution in [3.8, 4) is 11.5 Å². The van der Waals surface area contributed by atoms with Gasteiger partial charge in [0.1, 0.15) is 5.75 Å². The van der Waals surface area contributed by atoms with Crippen LogP contribution < -0.4 is 9.64 Å². The molecule has 0 saturated heterocycles. The molecule has 1 atom stereocenters. The molecule has 37 heavy (non-hydrogen) atoms. The lowest BCUT2D eigenvalue weighted by atomic mass is 10.0. The highest BCUT2D eigenvalue weighted by Crippen LogP contribution is 2.44. The predicted molar refractivity (Wildman–Crippen MR) is 120 cm³/mol. The molecule has 3 aromatic rings. The Labute approximate surface area is 213 Å². The number of aliphatic hydroxyl groups excluding tert-OH is 1. The number of benzene rings is 3. The summed E-state index contributed by atoms with van der Waals surface area (Å²) < 4.78 is 125. The van der Waals surface area contributed by atoms with Crippen molar-refractivity contribution in [2.75, 3.05) is 11.4 Å². The lowest BCUT2D eigenvalue weighted by molar-refractivity contribution is -0.289. The molecule has 1 N–H and O–H groups in total. The van der Waals surface area contributed by atoms with Gasteiger partial charge in [0.15, 0.2) is 17.7 Å². The van der Waals surface area contributed by atoms with Gasteiger partial charge in [-0.2, -0.15) is 35.1 Å². The summed E-state index contributed by atoms with van der Waals surface area (Å²) in [6, 6.07) is 12.2. The maximum Gasteiger partial charge on any atom is 0.458 e. The first kappa shape index (κ1) is 28.6. The van der Waals surface area contributed by atoms with Gasteiger partial charge < -0.3 is 14.7 Å². The first-order valence-electron chi connectivity index (χ1n) is 10.3. The van der Waals surface area contributed by atoms with E-state index >= 15 is 0 Å². The zero-order chi connectivity index (χ0) is 27.6. The van der Waals surface area contributed by atoms with Gasteiger partial charge in [0.2, 0.25) is 0 Å². The minimum atomic E-state index is -5.88. The standard InChI is InChI=1S/C24H17BrF9NO2/c25-16-7-8-19(26)20(10-16)37-18-6-2-5-17(11-18)35(13-21(36)23(29,30)31)12-14-3-1-4-15(9-14)22(27,28)24(32,33)34/h1-11,21,36H,12-13H2/t21-/m1/s1. The SMILES string of the molecule is O[C@H](CN(Cc1cccc(C(F)(F)C(F)(F)F)c1)c1cccc(Oc2cc(Br)ccc2F)c1)C(F)(F)F. The number of hydrogen-bond acceptors (Lipinski definition) is 3. The van der Waals surface area contributed by atoms with Gasteiger partial charge in [0.05, 0.1) is 6.54 Å². The molecule has 13 heteroatoms. The Morgan fingerprint density at radius 3 is 2.19 bits per heavy atom. The van der Waals surface area contributed by atoms with Crippen LogP contribution in [0.5, 0.6) is 11.5 Å². The van der Waals surface area contributed by atoms with Gasteiger partial charge in [-0.25, -0.2) is 4.39 Å². The van der Waals surface area contributed by atoms with Crippen LogP contribution in [0.3, 0.4) is 0 Å². The van der Waals surface area contributed by atoms with Gasteiger partial charge in [-0.05, 0) is 42.0 Å². The number of rotatable bonds is 8. The van der Waals surface area contributed by atoms with Crippen LogP contribution in [0.4, 0.5) is 45.2 Å². The van der Waals surface area contributed by atoms with E-state index in [1.54, 1.807) is 0 Å². The van der Waals surface area contributed by atoms with Crippen molar-refractivity contribution in [1.29, 1.82) is 0 Å². The molecule has 0 spiro atoms. The summed E-state index contributed by atoms with van der Waals surface area (Å²) in [5.41, 5.74) is -1.58. The molecule has 3 rings (SSSR count). The van der Waals surface area contributed by atoms with Gasteiger partial charge >= 0.3 is 18.3 Å². The van der Waals surface area contributed by atoms with Gasteiger partial charge in [0.25, 0.3) is 0 Å². The molecule has 0 aliphatic rings. The topological polar surface area (TPSA) is 32.7 Å². The summed E-state index contributed by atoms with van der Waals surface area (Å²) in [4.78, 5) is 0.924. The maximum absolute atomic E-state index is 14.1. The molecule has 0 fully saturated rings. The van der Waals surface area contributed by atoms with Crippen LogP contribution in [-0.4, -0.2) is 30.1 Å². The monoisotopic (exact) mass is 601 g/mol. The second-order valence-electron chi connectivity index (χ2n) is 7.88. The first-order valence-corrected chi connectivity index (χ1v) is 11.1. The van der Waals surface area contributed by atoms with Crippen LogP contribution in [0.1, 0.15) is 11.1 Å². The fourth-order valence-corrected chi connectivity index (χ4v) is 3.59. The zero-order valence-electron chi connectivity index (χ0n) is 18.4. The third-order valence-electron chi connectivity index (χ3n) is 5.09. The zero-order valence-corrected chi connectivity index (χ0v) is 20.0. The van der Waals surface area contributed by atoms with Crippen LogP contribution in [0.25, 0.3) is 0 Å². The summed E-state index contributed by atoms with van der Waals surface area (Å²) in [5.74, 6) is -6.16. The Hall–Kier alpha value is -2.93. The minimum absolute atomic E-state index is 0.0100. The Morgan fingerprint density at radius 1 is 0.865 bits per heavy atom. The fraction of sp³-hybridized carbons (Fsp3) is 0.250. The van der Waals surface area contributed by atoms with Crippen molar-refractivity contribution >= 4 is 21.6 Å². The molecular weight excluding hydrogens is 585 g/mol. The van der Waals surface area contributed by atoms with Crippen LogP contribution in [0, 0.1) is 5.82 Å². The largest absolute Gasteiger partial charge is 0.458 e. The third-order valence-corrected chi connectivity index (χ3v) is 5.59. The van der Waals surface area contributed by atoms with E-state index < -0.39 is 48.8 Å². The van der Waals surface area contributed by atoms with Crippen molar-refractivity contribution in [3.05, 3.63) is 88.1 Å². The first-order chi connectivity index (χ1) is 17.1. The normalized spacial score (nSPS) is 13.4. The van der Waals surface area contributed by atoms with E-state index in [-0.39, 0.29) is 22.7 Å². The van der Waals surface area contributed by atoms with E-state index in [0.29, 0.717) is 16.6 Å². The Kier molecular flexibility index (Phi) is 8.37. The molecule has 0 saturated carbocycles. The number of anilines is 1. The fourth-order valence-electron chi connectivity index (χ4n) is 3.25. The van der Waals surface area contributed by atoms with E-state index in [2.05, 4.69) is 15.9 Å². The average Bonchev–Trinajstić information content (AvgIpc) is 2.80. The van der Waals surface area contributed by atoms with Crippen LogP contribution in [0.2, 0.25) is 0 Å². The van der Waals surface area contributed by atoms with Crippen molar-refractivity contribution in [2.24, 2.45) is 0 Å². The highest BCUT2D eigenvalue weighted by Gasteiger charge is 2.58. The minimum Gasteiger partial charge on any atom is -0.454 e. The van der Waals surface area contributed by atoms with Crippen LogP contribution in [-0.2, 0) is 12.5 Å². The van der Waals surface area contributed by atoms with Crippen molar-refractivity contribution in [3.63, 3.8) is 0 Å². The summed E-state index contributed by atoms with van der Waals surface area (Å²) in [6.07, 6.45) is -13.8. The highest BCUT2D eigenvalue weighted by atomic mass is 79.9. The smallest absolute Gasteiger partial charge is 0.454 e. The molecule has 0 amide bonds. The average molecular weight is 602 g/mol. The second-order valence-corrected chi connectivity index (χ2v) is 8.80. The van der Waals surface area contributed by atoms with E-state index in [9.17, 15) is 44.6 Å². The predicted octanol–water partition coefficient (Wildman–Crippen LogP) is 7.96. The Balaban J connectivity index is 1.96. The van der Waals surface area contributed by atoms with E-state index in [1.807, 2.05) is 0 Å². The third kappa shape index (κ3) is 7.10. The van der Waals surface area contributed by atoms with E-state index in [0.717, 1.165) is 23.1 Å². The number of alkyl halides is 8. The van der Waals surface area contributed by atoms with Crippen molar-refractivity contribution < 1.29 is 49.4 Å². The maximum atomic E-state index is 14.1. The molecular formula is C24H17BrF9NO2. The number of halogens is 10. The molecule has 0 aliphatic carbocycles. The van der Waals surface area contributed by atoms with Crippen molar-refractivity contribution in [2.45, 2.75) is 30.9 Å². The second kappa shape index (κ2) is 10.8. The summed E-state index contributed by atoms with van der Waals surface area (Å²) in [6.45, 7) is -1.66. The molecule has 0 aromatic heterocycles. The van der Waals surface area contributed by atoms with E-state index in [1.165, 1.54) is 36.4 Å². The number of nitrogens with zero attached hydrogens (tertiary/aromatic N) is 1. The Bertz CT molecular complexity index is 1230. The lowest BCUT2D eigenvalue weighted by Crippen LogP contribution is -2.41. The molecule has 3 nitrogen and oxygen atoms in total. The Morgan fingerprint density at radius 2 is 1.54 bits per heavy atom. The lowest BCUT2D eigenvalue weighted by Gasteiger charge is -2.29. The molecule has 3 aromatic carbocycles. The van der Waals surface area contributed by atoms with Gasteiger partial charge in [-0.1, -0.05) is 40.2 Å². The van der Waals surface area contributed by atoms with Crippen LogP contribution in [0.15, 0.2) is 71.2 Å². The molecule has 0 radical (unpaired) electrons. The van der Waals surface area contributed by atoms with E-state index in [4.69, 9.17) is 4.74 Å². The molecule has 200 valence electrons. The van der Waals surface area contributed by atoms with Gasteiger partial charge in [-0.15, -0.1) is 0 Å². The highest BCUT2D eigenvalue weighted by molar-refractivity contribution is 9.10. The van der Waals surface area contributed by atoms with Gasteiger partial charge in [-0.3, -0.25) is 0 Å². The number of aliphatic hydroxyl groups is 1. The van der Waals surface area contributed by atoms with Crippen LogP contribution >= 0.6 is 15.9 Å². The van der Waals surface area contributed by atoms with Gasteiger partial charge in [0, 0.05) is 28.3 Å². The molecule has 0 unspecified atom stereocenters. The summed E-state index contributed by atoms with van der Waals surface area (Å²) in [5, 5.41) is 9.64. The molecule has 0 aliphatic heterocycles.